The van der Waals surface area contributed by atoms with E-state index in [-0.39, 0.29) is 16.4 Å². The van der Waals surface area contributed by atoms with Crippen LogP contribution in [0.25, 0.3) is 0 Å². The molecule has 1 N–H and O–H groups in total. The van der Waals surface area contributed by atoms with Crippen LogP contribution in [-0.2, 0) is 14.8 Å². The van der Waals surface area contributed by atoms with Crippen LogP contribution in [-0.4, -0.2) is 44.9 Å². The van der Waals surface area contributed by atoms with Crippen LogP contribution in [0.5, 0.6) is 0 Å². The minimum atomic E-state index is -3.68. The highest BCUT2D eigenvalue weighted by Gasteiger charge is 2.28. The predicted octanol–water partition coefficient (Wildman–Crippen LogP) is 3.23. The van der Waals surface area contributed by atoms with Crippen molar-refractivity contribution < 1.29 is 17.9 Å². The van der Waals surface area contributed by atoms with Crippen molar-refractivity contribution in [1.82, 2.24) is 4.31 Å². The summed E-state index contributed by atoms with van der Waals surface area (Å²) in [5, 5.41) is 3.39. The molecule has 2 aromatic rings. The summed E-state index contributed by atoms with van der Waals surface area (Å²) < 4.78 is 32.5. The quantitative estimate of drug-likeness (QED) is 0.842. The van der Waals surface area contributed by atoms with E-state index in [1.54, 1.807) is 37.3 Å². The van der Waals surface area contributed by atoms with Gasteiger partial charge in [0.25, 0.3) is 5.91 Å². The Kier molecular flexibility index (Phi) is 5.86. The first-order chi connectivity index (χ1) is 12.8. The summed E-state index contributed by atoms with van der Waals surface area (Å²) in [6, 6.07) is 9.86. The van der Waals surface area contributed by atoms with Gasteiger partial charge in [-0.15, -0.1) is 0 Å². The second-order valence-corrected chi connectivity index (χ2v) is 8.75. The number of morpholine rings is 1. The average molecular weight is 409 g/mol. The van der Waals surface area contributed by atoms with Gasteiger partial charge in [-0.05, 0) is 55.3 Å². The van der Waals surface area contributed by atoms with E-state index in [1.807, 2.05) is 6.92 Å². The van der Waals surface area contributed by atoms with Gasteiger partial charge in [0.15, 0.2) is 0 Å². The van der Waals surface area contributed by atoms with Crippen LogP contribution in [0.1, 0.15) is 21.5 Å². The fourth-order valence-corrected chi connectivity index (χ4v) is 4.79. The third kappa shape index (κ3) is 4.32. The number of nitrogens with zero attached hydrogens (tertiary/aromatic N) is 1. The van der Waals surface area contributed by atoms with Crippen LogP contribution in [0.2, 0.25) is 5.02 Å². The highest BCUT2D eigenvalue weighted by atomic mass is 35.5. The summed E-state index contributed by atoms with van der Waals surface area (Å²) in [7, 11) is -3.68. The minimum absolute atomic E-state index is 0.143. The maximum Gasteiger partial charge on any atom is 0.255 e. The Morgan fingerprint density at radius 2 is 1.78 bits per heavy atom. The molecule has 1 fully saturated rings. The van der Waals surface area contributed by atoms with Gasteiger partial charge in [-0.1, -0.05) is 17.7 Å². The van der Waals surface area contributed by atoms with Crippen molar-refractivity contribution >= 4 is 33.2 Å². The zero-order chi connectivity index (χ0) is 19.6. The molecule has 0 aliphatic carbocycles. The van der Waals surface area contributed by atoms with Crippen molar-refractivity contribution in [3.63, 3.8) is 0 Å². The molecule has 27 heavy (non-hydrogen) atoms. The molecule has 1 saturated heterocycles. The molecular formula is C19H21ClN2O4S. The first-order valence-electron chi connectivity index (χ1n) is 8.55. The lowest BCUT2D eigenvalue weighted by molar-refractivity contribution is 0.0730. The van der Waals surface area contributed by atoms with E-state index in [0.29, 0.717) is 42.6 Å². The molecule has 0 bridgehead atoms. The molecule has 6 nitrogen and oxygen atoms in total. The SMILES string of the molecule is Cc1cc(Cl)ccc1NC(=O)c1ccc(C)c(S(=O)(=O)N2CCOCC2)c1. The zero-order valence-corrected chi connectivity index (χ0v) is 16.7. The molecule has 0 saturated carbocycles. The van der Waals surface area contributed by atoms with Gasteiger partial charge in [-0.25, -0.2) is 8.42 Å². The third-order valence-electron chi connectivity index (χ3n) is 4.47. The van der Waals surface area contributed by atoms with E-state index < -0.39 is 10.0 Å². The van der Waals surface area contributed by atoms with E-state index in [0.717, 1.165) is 5.56 Å². The summed E-state index contributed by atoms with van der Waals surface area (Å²) >= 11 is 5.94. The lowest BCUT2D eigenvalue weighted by atomic mass is 10.1. The number of halogens is 1. The monoisotopic (exact) mass is 408 g/mol. The van der Waals surface area contributed by atoms with Gasteiger partial charge in [-0.3, -0.25) is 4.79 Å². The molecule has 0 atom stereocenters. The Morgan fingerprint density at radius 1 is 1.07 bits per heavy atom. The second kappa shape index (κ2) is 7.98. The fourth-order valence-electron chi connectivity index (χ4n) is 2.91. The molecule has 3 rings (SSSR count). The van der Waals surface area contributed by atoms with Crippen LogP contribution in [0.3, 0.4) is 0 Å². The number of benzene rings is 2. The Labute approximate surface area is 164 Å². The number of anilines is 1. The molecule has 1 aliphatic heterocycles. The van der Waals surface area contributed by atoms with Gasteiger partial charge < -0.3 is 10.1 Å². The van der Waals surface area contributed by atoms with Crippen molar-refractivity contribution in [2.75, 3.05) is 31.6 Å². The molecule has 1 aliphatic rings. The number of rotatable bonds is 4. The smallest absolute Gasteiger partial charge is 0.255 e. The van der Waals surface area contributed by atoms with Gasteiger partial charge in [0.1, 0.15) is 0 Å². The highest BCUT2D eigenvalue weighted by molar-refractivity contribution is 7.89. The Morgan fingerprint density at radius 3 is 2.44 bits per heavy atom. The summed E-state index contributed by atoms with van der Waals surface area (Å²) in [4.78, 5) is 12.8. The van der Waals surface area contributed by atoms with Gasteiger partial charge >= 0.3 is 0 Å². The Bertz CT molecular complexity index is 970. The Balaban J connectivity index is 1.89. The van der Waals surface area contributed by atoms with E-state index in [2.05, 4.69) is 5.32 Å². The van der Waals surface area contributed by atoms with E-state index >= 15 is 0 Å². The van der Waals surface area contributed by atoms with E-state index in [4.69, 9.17) is 16.3 Å². The molecule has 8 heteroatoms. The molecule has 144 valence electrons. The van der Waals surface area contributed by atoms with Gasteiger partial charge in [0.05, 0.1) is 18.1 Å². The molecule has 2 aromatic carbocycles. The highest BCUT2D eigenvalue weighted by Crippen LogP contribution is 2.24. The number of amides is 1. The van der Waals surface area contributed by atoms with Crippen molar-refractivity contribution in [2.45, 2.75) is 18.7 Å². The number of carbonyl (C=O) groups is 1. The van der Waals surface area contributed by atoms with E-state index in [1.165, 1.54) is 10.4 Å². The van der Waals surface area contributed by atoms with Gasteiger partial charge in [0.2, 0.25) is 10.0 Å². The largest absolute Gasteiger partial charge is 0.379 e. The van der Waals surface area contributed by atoms with Crippen LogP contribution in [0.15, 0.2) is 41.3 Å². The number of sulfonamides is 1. The van der Waals surface area contributed by atoms with Crippen molar-refractivity contribution in [1.29, 1.82) is 0 Å². The lowest BCUT2D eigenvalue weighted by Crippen LogP contribution is -2.40. The van der Waals surface area contributed by atoms with Crippen LogP contribution < -0.4 is 5.32 Å². The van der Waals surface area contributed by atoms with Crippen molar-refractivity contribution in [3.8, 4) is 0 Å². The van der Waals surface area contributed by atoms with Crippen LogP contribution >= 0.6 is 11.6 Å². The number of carbonyl (C=O) groups excluding carboxylic acids is 1. The fraction of sp³-hybridized carbons (Fsp3) is 0.316. The maximum atomic E-state index is 13.0. The second-order valence-electron chi connectivity index (χ2n) is 6.41. The topological polar surface area (TPSA) is 75.7 Å². The van der Waals surface area contributed by atoms with Crippen molar-refractivity contribution in [3.05, 3.63) is 58.1 Å². The number of hydrogen-bond donors (Lipinski definition) is 1. The van der Waals surface area contributed by atoms with Crippen molar-refractivity contribution in [2.24, 2.45) is 0 Å². The van der Waals surface area contributed by atoms with Crippen LogP contribution in [0, 0.1) is 13.8 Å². The average Bonchev–Trinajstić information content (AvgIpc) is 2.65. The van der Waals surface area contributed by atoms with E-state index in [9.17, 15) is 13.2 Å². The molecule has 0 radical (unpaired) electrons. The molecule has 0 aromatic heterocycles. The molecule has 1 amide bonds. The summed E-state index contributed by atoms with van der Waals surface area (Å²) in [6.07, 6.45) is 0. The molecular weight excluding hydrogens is 388 g/mol. The number of aryl methyl sites for hydroxylation is 2. The first-order valence-corrected chi connectivity index (χ1v) is 10.4. The predicted molar refractivity (Wildman–Crippen MR) is 105 cm³/mol. The summed E-state index contributed by atoms with van der Waals surface area (Å²) in [6.45, 7) is 4.91. The zero-order valence-electron chi connectivity index (χ0n) is 15.2. The molecule has 1 heterocycles. The summed E-state index contributed by atoms with van der Waals surface area (Å²) in [5.74, 6) is -0.376. The molecule has 0 spiro atoms. The lowest BCUT2D eigenvalue weighted by Gasteiger charge is -2.26. The molecule has 0 unspecified atom stereocenters. The third-order valence-corrected chi connectivity index (χ3v) is 6.75. The maximum absolute atomic E-state index is 13.0. The minimum Gasteiger partial charge on any atom is -0.379 e. The Hall–Kier alpha value is -1.93. The summed E-state index contributed by atoms with van der Waals surface area (Å²) in [5.41, 5.74) is 2.33. The van der Waals surface area contributed by atoms with Crippen LogP contribution in [0.4, 0.5) is 5.69 Å². The van der Waals surface area contributed by atoms with Gasteiger partial charge in [0, 0.05) is 29.4 Å². The standard InChI is InChI=1S/C19H21ClN2O4S/c1-13-3-4-15(19(23)21-17-6-5-16(20)11-14(17)2)12-18(13)27(24,25)22-7-9-26-10-8-22/h3-6,11-12H,7-10H2,1-2H3,(H,21,23). The number of hydrogen-bond acceptors (Lipinski definition) is 4. The number of nitrogens with one attached hydrogen (secondary N) is 1. The van der Waals surface area contributed by atoms with Gasteiger partial charge in [-0.2, -0.15) is 4.31 Å². The number of ether oxygens (including phenoxy) is 1. The normalized spacial score (nSPS) is 15.5. The first kappa shape index (κ1) is 19.8.